The van der Waals surface area contributed by atoms with E-state index in [1.165, 1.54) is 12.8 Å². The van der Waals surface area contributed by atoms with Crippen LogP contribution in [0.4, 0.5) is 0 Å². The van der Waals surface area contributed by atoms with Crippen LogP contribution in [-0.4, -0.2) is 11.0 Å². The molecule has 6 heavy (non-hydrogen) atoms. The molecule has 0 saturated heterocycles. The van der Waals surface area contributed by atoms with Gasteiger partial charge in [0.1, 0.15) is 0 Å². The van der Waals surface area contributed by atoms with E-state index in [-0.39, 0.29) is 11.0 Å². The van der Waals surface area contributed by atoms with E-state index < -0.39 is 0 Å². The first-order chi connectivity index (χ1) is 2.00. The van der Waals surface area contributed by atoms with Crippen molar-refractivity contribution in [2.24, 2.45) is 0 Å². The van der Waals surface area contributed by atoms with Crippen molar-refractivity contribution in [3.8, 4) is 0 Å². The Morgan fingerprint density at radius 1 is 0.833 bits per heavy atom. The lowest BCUT2D eigenvalue weighted by Crippen LogP contribution is -1.71. The van der Waals surface area contributed by atoms with Gasteiger partial charge in [0.25, 0.3) is 0 Å². The predicted octanol–water partition coefficient (Wildman–Crippen LogP) is -0.313. The fraction of sp³-hybridized carbons (Fsp3) is 0.500. The van der Waals surface area contributed by atoms with Gasteiger partial charge in [0, 0.05) is 0 Å². The molecule has 1 rings (SSSR count). The van der Waals surface area contributed by atoms with E-state index in [9.17, 15) is 0 Å². The van der Waals surface area contributed by atoms with E-state index in [1.807, 2.05) is 0 Å². The molecule has 0 heterocycles. The first kappa shape index (κ1) is 9.18. The summed E-state index contributed by atoms with van der Waals surface area (Å²) in [6.07, 6.45) is 7.00. The van der Waals surface area contributed by atoms with Crippen LogP contribution in [0, 0.1) is 0 Å². The van der Waals surface area contributed by atoms with Gasteiger partial charge in [-0.1, -0.05) is 12.2 Å². The third-order valence-corrected chi connectivity index (χ3v) is 0.667. The smallest absolute Gasteiger partial charge is 0.0316 e. The maximum absolute atomic E-state index is 2.18. The Balaban J connectivity index is 0. The Labute approximate surface area is 37.1 Å². The molecule has 38 valence electrons. The number of rotatable bonds is 0. The highest BCUT2D eigenvalue weighted by Gasteiger charge is 1.81. The zero-order chi connectivity index (χ0) is 2.83. The molecule has 1 aliphatic carbocycles. The van der Waals surface area contributed by atoms with Crippen LogP contribution in [-0.2, 0) is 0 Å². The minimum absolute atomic E-state index is 0. The quantitative estimate of drug-likeness (QED) is 0.366. The summed E-state index contributed by atoms with van der Waals surface area (Å²) in [5, 5.41) is 0. The molecule has 0 aromatic rings. The molecule has 0 spiro atoms. The van der Waals surface area contributed by atoms with Crippen LogP contribution in [0.3, 0.4) is 0 Å². The summed E-state index contributed by atoms with van der Waals surface area (Å²) in [7, 11) is 0. The number of hydrogen-bond donors (Lipinski definition) is 0. The van der Waals surface area contributed by atoms with Crippen molar-refractivity contribution in [2.75, 3.05) is 0 Å². The first-order valence-electron chi connectivity index (χ1n) is 1.65. The highest BCUT2D eigenvalue weighted by Crippen LogP contribution is 2.01. The van der Waals surface area contributed by atoms with Gasteiger partial charge in [-0.3, -0.25) is 0 Å². The van der Waals surface area contributed by atoms with Gasteiger partial charge >= 0.3 is 0 Å². The zero-order valence-corrected chi connectivity index (χ0v) is 3.57. The van der Waals surface area contributed by atoms with Gasteiger partial charge in [-0.15, -0.1) is 0 Å². The second kappa shape index (κ2) is 4.66. The second-order valence-corrected chi connectivity index (χ2v) is 1.05. The lowest BCUT2D eigenvalue weighted by atomic mass is 10.1. The predicted molar refractivity (Wildman–Crippen MR) is 25.6 cm³/mol. The Morgan fingerprint density at radius 2 is 1.00 bits per heavy atom. The largest absolute Gasteiger partial charge is 0.412 e. The van der Waals surface area contributed by atoms with Gasteiger partial charge in [0.2, 0.25) is 0 Å². The molecule has 2 heteroatoms. The highest BCUT2D eigenvalue weighted by atomic mass is 16.0. The topological polar surface area (TPSA) is 63.0 Å². The van der Waals surface area contributed by atoms with Crippen molar-refractivity contribution >= 4 is 0 Å². The fourth-order valence-electron chi connectivity index (χ4n) is 0.167. The summed E-state index contributed by atoms with van der Waals surface area (Å²) in [5.74, 6) is 0. The van der Waals surface area contributed by atoms with Gasteiger partial charge in [-0.2, -0.15) is 0 Å². The van der Waals surface area contributed by atoms with E-state index in [0.717, 1.165) is 0 Å². The maximum atomic E-state index is 2.18. The fourth-order valence-corrected chi connectivity index (χ4v) is 0.167. The van der Waals surface area contributed by atoms with Crippen LogP contribution in [0.2, 0.25) is 0 Å². The summed E-state index contributed by atoms with van der Waals surface area (Å²) in [4.78, 5) is 0. The van der Waals surface area contributed by atoms with Crippen LogP contribution in [0.15, 0.2) is 12.2 Å². The van der Waals surface area contributed by atoms with Crippen molar-refractivity contribution in [1.82, 2.24) is 0 Å². The molecule has 0 bridgehead atoms. The highest BCUT2D eigenvalue weighted by molar-refractivity contribution is 4.92. The lowest BCUT2D eigenvalue weighted by molar-refractivity contribution is 0.823. The van der Waals surface area contributed by atoms with Crippen LogP contribution < -0.4 is 0 Å². The van der Waals surface area contributed by atoms with Crippen molar-refractivity contribution in [3.05, 3.63) is 12.2 Å². The van der Waals surface area contributed by atoms with Gasteiger partial charge in [0.15, 0.2) is 0 Å². The number of hydrogen-bond acceptors (Lipinski definition) is 0. The third-order valence-electron chi connectivity index (χ3n) is 0.667. The average Bonchev–Trinajstić information content (AvgIpc) is 0.722. The Kier molecular flexibility index (Phi) is 7.13. The van der Waals surface area contributed by atoms with Crippen molar-refractivity contribution in [2.45, 2.75) is 12.8 Å². The van der Waals surface area contributed by atoms with E-state index in [0.29, 0.717) is 0 Å². The molecule has 0 saturated carbocycles. The molecule has 0 amide bonds. The molecule has 0 aromatic heterocycles. The molecule has 0 radical (unpaired) electrons. The van der Waals surface area contributed by atoms with Crippen LogP contribution in [0.5, 0.6) is 0 Å². The average molecular weight is 90.1 g/mol. The molecule has 0 aliphatic heterocycles. The monoisotopic (exact) mass is 90.1 g/mol. The molecule has 1 aliphatic rings. The Hall–Kier alpha value is -0.340. The molecule has 0 aromatic carbocycles. The minimum Gasteiger partial charge on any atom is -0.412 e. The lowest BCUT2D eigenvalue weighted by Gasteiger charge is -1.92. The normalized spacial score (nSPS) is 13.3. The molecular formula is C4H10O2. The zero-order valence-electron chi connectivity index (χ0n) is 3.57. The van der Waals surface area contributed by atoms with Gasteiger partial charge in [0.05, 0.1) is 0 Å². The molecule has 2 nitrogen and oxygen atoms in total. The van der Waals surface area contributed by atoms with Crippen molar-refractivity contribution in [1.29, 1.82) is 0 Å². The number of allylic oxidation sites excluding steroid dienone is 2. The summed E-state index contributed by atoms with van der Waals surface area (Å²) < 4.78 is 0. The van der Waals surface area contributed by atoms with E-state index >= 15 is 0 Å². The standard InChI is InChI=1S/C4H6.2H2O/c1-2-4-3-1;;/h1-2H,3-4H2;2*1H2. The second-order valence-electron chi connectivity index (χ2n) is 1.05. The first-order valence-corrected chi connectivity index (χ1v) is 1.65. The Bertz CT molecular complexity index is 34.8. The van der Waals surface area contributed by atoms with Crippen LogP contribution in [0.1, 0.15) is 12.8 Å². The van der Waals surface area contributed by atoms with E-state index in [2.05, 4.69) is 12.2 Å². The summed E-state index contributed by atoms with van der Waals surface area (Å²) in [6.45, 7) is 0. The van der Waals surface area contributed by atoms with Gasteiger partial charge in [-0.05, 0) is 12.8 Å². The van der Waals surface area contributed by atoms with Crippen molar-refractivity contribution in [3.63, 3.8) is 0 Å². The summed E-state index contributed by atoms with van der Waals surface area (Å²) in [5.41, 5.74) is 0. The van der Waals surface area contributed by atoms with E-state index in [4.69, 9.17) is 0 Å². The summed E-state index contributed by atoms with van der Waals surface area (Å²) in [6, 6.07) is 0. The minimum atomic E-state index is 0. The van der Waals surface area contributed by atoms with Gasteiger partial charge < -0.3 is 11.0 Å². The molecule has 0 atom stereocenters. The van der Waals surface area contributed by atoms with Crippen LogP contribution >= 0.6 is 0 Å². The maximum Gasteiger partial charge on any atom is -0.0316 e. The molecule has 4 N–H and O–H groups in total. The van der Waals surface area contributed by atoms with Crippen molar-refractivity contribution < 1.29 is 11.0 Å². The third kappa shape index (κ3) is 1.93. The van der Waals surface area contributed by atoms with E-state index in [1.54, 1.807) is 0 Å². The molecule has 0 unspecified atom stereocenters. The molecule has 0 fully saturated rings. The SMILES string of the molecule is C1=CCC1.O.O. The summed E-state index contributed by atoms with van der Waals surface area (Å²) >= 11 is 0. The van der Waals surface area contributed by atoms with Gasteiger partial charge in [-0.25, -0.2) is 0 Å². The Morgan fingerprint density at radius 3 is 1.00 bits per heavy atom. The van der Waals surface area contributed by atoms with Crippen LogP contribution in [0.25, 0.3) is 0 Å². The molecular weight excluding hydrogens is 80.0 g/mol.